The fraction of sp³-hybridized carbons (Fsp3) is 0.316. The molecule has 0 saturated heterocycles. The molecular weight excluding hydrogens is 336 g/mol. The van der Waals surface area contributed by atoms with Gasteiger partial charge in [0.25, 0.3) is 11.6 Å². The van der Waals surface area contributed by atoms with Gasteiger partial charge in [-0.25, -0.2) is 0 Å². The quantitative estimate of drug-likeness (QED) is 0.596. The summed E-state index contributed by atoms with van der Waals surface area (Å²) in [6.07, 6.45) is -0.296. The number of methoxy groups -OCH3 is 1. The van der Waals surface area contributed by atoms with Gasteiger partial charge in [-0.2, -0.15) is 0 Å². The number of aryl methyl sites for hydroxylation is 1. The van der Waals surface area contributed by atoms with Crippen LogP contribution in [0.1, 0.15) is 24.5 Å². The van der Waals surface area contributed by atoms with Crippen LogP contribution in [0.3, 0.4) is 0 Å². The van der Waals surface area contributed by atoms with Gasteiger partial charge < -0.3 is 14.8 Å². The number of anilines is 1. The van der Waals surface area contributed by atoms with Gasteiger partial charge in [0.15, 0.2) is 6.10 Å². The predicted octanol–water partition coefficient (Wildman–Crippen LogP) is 4.02. The van der Waals surface area contributed by atoms with Crippen LogP contribution in [0.15, 0.2) is 36.4 Å². The van der Waals surface area contributed by atoms with E-state index in [0.29, 0.717) is 17.9 Å². The summed E-state index contributed by atoms with van der Waals surface area (Å²) in [5.74, 6) is 0.579. The highest BCUT2D eigenvalue weighted by molar-refractivity contribution is 5.96. The molecule has 0 fully saturated rings. The Balaban J connectivity index is 2.22. The van der Waals surface area contributed by atoms with E-state index < -0.39 is 16.9 Å². The smallest absolute Gasteiger partial charge is 0.271 e. The molecule has 0 aliphatic heterocycles. The van der Waals surface area contributed by atoms with Gasteiger partial charge >= 0.3 is 0 Å². The first-order valence-electron chi connectivity index (χ1n) is 8.23. The molecule has 1 N–H and O–H groups in total. The van der Waals surface area contributed by atoms with Crippen molar-refractivity contribution in [2.45, 2.75) is 33.3 Å². The lowest BCUT2D eigenvalue weighted by Gasteiger charge is -2.20. The molecule has 0 aliphatic rings. The third-order valence-electron chi connectivity index (χ3n) is 4.14. The summed E-state index contributed by atoms with van der Waals surface area (Å²) in [6.45, 7) is 5.73. The molecule has 0 spiro atoms. The second kappa shape index (κ2) is 8.33. The van der Waals surface area contributed by atoms with Gasteiger partial charge in [-0.15, -0.1) is 0 Å². The maximum Gasteiger partial charge on any atom is 0.271 e. The van der Waals surface area contributed by atoms with E-state index in [1.807, 2.05) is 39.0 Å². The van der Waals surface area contributed by atoms with Gasteiger partial charge in [0.05, 0.1) is 17.7 Å². The number of hydrogen-bond donors (Lipinski definition) is 1. The number of nitro benzene ring substituents is 1. The number of nitro groups is 1. The highest BCUT2D eigenvalue weighted by atomic mass is 16.6. The van der Waals surface area contributed by atoms with E-state index in [1.165, 1.54) is 25.3 Å². The second-order valence-electron chi connectivity index (χ2n) is 5.84. The average Bonchev–Trinajstić information content (AvgIpc) is 2.62. The molecule has 2 aromatic carbocycles. The predicted molar refractivity (Wildman–Crippen MR) is 98.9 cm³/mol. The van der Waals surface area contributed by atoms with Gasteiger partial charge in [-0.1, -0.05) is 19.1 Å². The fourth-order valence-corrected chi connectivity index (χ4v) is 2.45. The summed E-state index contributed by atoms with van der Waals surface area (Å²) in [6, 6.07) is 9.68. The number of carbonyl (C=O) groups excluding carboxylic acids is 1. The summed E-state index contributed by atoms with van der Waals surface area (Å²) in [5, 5.41) is 13.6. The molecular formula is C19H22N2O5. The third-order valence-corrected chi connectivity index (χ3v) is 4.14. The molecule has 0 radical (unpaired) electrons. The third kappa shape index (κ3) is 4.30. The standard InChI is InChI=1S/C19H22N2O5/c1-5-16(26-17-8-6-7-12(2)13(17)3)19(22)20-15-11-14(21(23)24)9-10-18(15)25-4/h6-11,16H,5H2,1-4H3,(H,20,22). The number of nitrogens with one attached hydrogen (secondary N) is 1. The Labute approximate surface area is 152 Å². The van der Waals surface area contributed by atoms with Crippen molar-refractivity contribution in [1.29, 1.82) is 0 Å². The van der Waals surface area contributed by atoms with Crippen molar-refractivity contribution in [3.05, 3.63) is 57.6 Å². The maximum absolute atomic E-state index is 12.6. The zero-order valence-corrected chi connectivity index (χ0v) is 15.2. The van der Waals surface area contributed by atoms with E-state index in [4.69, 9.17) is 9.47 Å². The molecule has 7 nitrogen and oxygen atoms in total. The average molecular weight is 358 g/mol. The number of ether oxygens (including phenoxy) is 2. The number of benzene rings is 2. The minimum Gasteiger partial charge on any atom is -0.495 e. The lowest BCUT2D eigenvalue weighted by molar-refractivity contribution is -0.384. The summed E-state index contributed by atoms with van der Waals surface area (Å²) in [7, 11) is 1.43. The van der Waals surface area contributed by atoms with Crippen molar-refractivity contribution in [3.8, 4) is 11.5 Å². The Kier molecular flexibility index (Phi) is 6.16. The zero-order valence-electron chi connectivity index (χ0n) is 15.2. The van der Waals surface area contributed by atoms with Gasteiger partial charge in [0.2, 0.25) is 0 Å². The SMILES string of the molecule is CCC(Oc1cccc(C)c1C)C(=O)Nc1cc([N+](=O)[O-])ccc1OC. The Morgan fingerprint density at radius 3 is 2.58 bits per heavy atom. The van der Waals surface area contributed by atoms with E-state index in [1.54, 1.807) is 0 Å². The molecule has 0 bridgehead atoms. The zero-order chi connectivity index (χ0) is 19.3. The lowest BCUT2D eigenvalue weighted by Crippen LogP contribution is -2.32. The summed E-state index contributed by atoms with van der Waals surface area (Å²) >= 11 is 0. The largest absolute Gasteiger partial charge is 0.495 e. The van der Waals surface area contributed by atoms with Crippen molar-refractivity contribution in [1.82, 2.24) is 0 Å². The van der Waals surface area contributed by atoms with Gasteiger partial charge in [0.1, 0.15) is 11.5 Å². The molecule has 2 rings (SSSR count). The van der Waals surface area contributed by atoms with Crippen molar-refractivity contribution >= 4 is 17.3 Å². The van der Waals surface area contributed by atoms with Crippen molar-refractivity contribution in [2.75, 3.05) is 12.4 Å². The van der Waals surface area contributed by atoms with Crippen LogP contribution in [0.5, 0.6) is 11.5 Å². The normalized spacial score (nSPS) is 11.5. The van der Waals surface area contributed by atoms with E-state index in [9.17, 15) is 14.9 Å². The van der Waals surface area contributed by atoms with Crippen molar-refractivity contribution in [3.63, 3.8) is 0 Å². The van der Waals surface area contributed by atoms with Gasteiger partial charge in [0, 0.05) is 12.1 Å². The number of nitrogens with zero attached hydrogens (tertiary/aromatic N) is 1. The number of non-ortho nitro benzene ring substituents is 1. The second-order valence-corrected chi connectivity index (χ2v) is 5.84. The van der Waals surface area contributed by atoms with Crippen LogP contribution in [0.4, 0.5) is 11.4 Å². The van der Waals surface area contributed by atoms with Crippen LogP contribution in [-0.4, -0.2) is 24.0 Å². The number of carbonyl (C=O) groups is 1. The van der Waals surface area contributed by atoms with E-state index in [-0.39, 0.29) is 11.4 Å². The van der Waals surface area contributed by atoms with E-state index in [0.717, 1.165) is 11.1 Å². The number of hydrogen-bond acceptors (Lipinski definition) is 5. The molecule has 26 heavy (non-hydrogen) atoms. The minimum atomic E-state index is -0.737. The first-order chi connectivity index (χ1) is 12.4. The molecule has 0 aromatic heterocycles. The maximum atomic E-state index is 12.6. The molecule has 138 valence electrons. The highest BCUT2D eigenvalue weighted by Crippen LogP contribution is 2.29. The minimum absolute atomic E-state index is 0.135. The lowest BCUT2D eigenvalue weighted by atomic mass is 10.1. The number of rotatable bonds is 7. The highest BCUT2D eigenvalue weighted by Gasteiger charge is 2.22. The van der Waals surface area contributed by atoms with Crippen LogP contribution in [0.2, 0.25) is 0 Å². The Morgan fingerprint density at radius 1 is 1.23 bits per heavy atom. The van der Waals surface area contributed by atoms with Crippen LogP contribution in [-0.2, 0) is 4.79 Å². The van der Waals surface area contributed by atoms with Crippen LogP contribution < -0.4 is 14.8 Å². The first kappa shape index (κ1) is 19.2. The topological polar surface area (TPSA) is 90.7 Å². The van der Waals surface area contributed by atoms with E-state index in [2.05, 4.69) is 5.32 Å². The first-order valence-corrected chi connectivity index (χ1v) is 8.23. The summed E-state index contributed by atoms with van der Waals surface area (Å²) in [4.78, 5) is 23.1. The summed E-state index contributed by atoms with van der Waals surface area (Å²) < 4.78 is 11.0. The van der Waals surface area contributed by atoms with Crippen molar-refractivity contribution < 1.29 is 19.2 Å². The van der Waals surface area contributed by atoms with Crippen LogP contribution >= 0.6 is 0 Å². The Morgan fingerprint density at radius 2 is 1.96 bits per heavy atom. The fourth-order valence-electron chi connectivity index (χ4n) is 2.45. The molecule has 2 aromatic rings. The van der Waals surface area contributed by atoms with Gasteiger partial charge in [-0.3, -0.25) is 14.9 Å². The molecule has 0 aliphatic carbocycles. The van der Waals surface area contributed by atoms with Crippen LogP contribution in [0, 0.1) is 24.0 Å². The van der Waals surface area contributed by atoms with Crippen molar-refractivity contribution in [2.24, 2.45) is 0 Å². The monoisotopic (exact) mass is 358 g/mol. The molecule has 0 heterocycles. The molecule has 1 unspecified atom stereocenters. The molecule has 1 atom stereocenters. The number of amides is 1. The Bertz CT molecular complexity index is 820. The molecule has 0 saturated carbocycles. The van der Waals surface area contributed by atoms with E-state index >= 15 is 0 Å². The Hall–Kier alpha value is -3.09. The van der Waals surface area contributed by atoms with Crippen LogP contribution in [0.25, 0.3) is 0 Å². The summed E-state index contributed by atoms with van der Waals surface area (Å²) in [5.41, 5.74) is 2.13. The molecule has 1 amide bonds. The van der Waals surface area contributed by atoms with Gasteiger partial charge in [-0.05, 0) is 43.5 Å². The molecule has 7 heteroatoms.